The molecule has 10 heteroatoms. The summed E-state index contributed by atoms with van der Waals surface area (Å²) in [4.78, 5) is 47.5. The van der Waals surface area contributed by atoms with E-state index in [1.165, 1.54) is 6.20 Å². The molecule has 1 aromatic carbocycles. The van der Waals surface area contributed by atoms with Crippen molar-refractivity contribution in [2.45, 2.75) is 57.2 Å². The van der Waals surface area contributed by atoms with Crippen LogP contribution in [0.4, 0.5) is 11.4 Å². The van der Waals surface area contributed by atoms with Crippen LogP contribution in [-0.4, -0.2) is 73.7 Å². The molecule has 1 aromatic heterocycles. The van der Waals surface area contributed by atoms with Gasteiger partial charge in [0, 0.05) is 63.5 Å². The van der Waals surface area contributed by atoms with Gasteiger partial charge in [0.2, 0.25) is 5.91 Å². The second-order valence-electron chi connectivity index (χ2n) is 11.0. The lowest BCUT2D eigenvalue weighted by Gasteiger charge is -2.40. The van der Waals surface area contributed by atoms with Crippen LogP contribution >= 0.6 is 0 Å². The van der Waals surface area contributed by atoms with Gasteiger partial charge in [-0.25, -0.2) is 0 Å². The van der Waals surface area contributed by atoms with Crippen LogP contribution in [0.25, 0.3) is 0 Å². The first kappa shape index (κ1) is 27.1. The van der Waals surface area contributed by atoms with Gasteiger partial charge < -0.3 is 29.9 Å². The molecule has 1 aliphatic carbocycles. The summed E-state index contributed by atoms with van der Waals surface area (Å²) in [7, 11) is 1.64. The molecule has 2 aliphatic heterocycles. The van der Waals surface area contributed by atoms with E-state index in [2.05, 4.69) is 15.6 Å². The second-order valence-corrected chi connectivity index (χ2v) is 11.0. The average molecular weight is 536 g/mol. The largest absolute Gasteiger partial charge is 0.476 e. The Bertz CT molecular complexity index is 1220. The summed E-state index contributed by atoms with van der Waals surface area (Å²) in [5.74, 6) is 0.0550. The highest BCUT2D eigenvalue weighted by molar-refractivity contribution is 6.04. The van der Waals surface area contributed by atoms with E-state index in [-0.39, 0.29) is 35.7 Å². The van der Waals surface area contributed by atoms with Crippen molar-refractivity contribution in [3.8, 4) is 5.75 Å². The summed E-state index contributed by atoms with van der Waals surface area (Å²) in [6.45, 7) is 5.73. The lowest BCUT2D eigenvalue weighted by molar-refractivity contribution is -0.132. The topological polar surface area (TPSA) is 113 Å². The predicted molar refractivity (Wildman–Crippen MR) is 147 cm³/mol. The number of aromatic nitrogens is 1. The fraction of sp³-hybridized carbons (Fsp3) is 0.517. The maximum atomic E-state index is 13.9. The maximum Gasteiger partial charge on any atom is 0.270 e. The molecule has 3 amide bonds. The SMILES string of the molecule is COCCCN1C(=O)C(C)(C)Oc2ccc(N(C(=O)C3CNC[C@@H](NC(=O)c4cccnc4)C3)C3CC3)cc21. The zero-order valence-electron chi connectivity index (χ0n) is 22.8. The third-order valence-electron chi connectivity index (χ3n) is 7.48. The second kappa shape index (κ2) is 11.3. The number of amides is 3. The van der Waals surface area contributed by atoms with Crippen molar-refractivity contribution in [3.05, 3.63) is 48.3 Å². The van der Waals surface area contributed by atoms with Gasteiger partial charge in [-0.15, -0.1) is 0 Å². The molecule has 2 fully saturated rings. The molecule has 3 aliphatic rings. The van der Waals surface area contributed by atoms with Crippen molar-refractivity contribution in [3.63, 3.8) is 0 Å². The van der Waals surface area contributed by atoms with Crippen LogP contribution in [0.3, 0.4) is 0 Å². The number of carbonyl (C=O) groups is 3. The van der Waals surface area contributed by atoms with Crippen molar-refractivity contribution in [1.29, 1.82) is 0 Å². The number of benzene rings is 1. The fourth-order valence-electron chi connectivity index (χ4n) is 5.35. The van der Waals surface area contributed by atoms with Crippen LogP contribution in [0.15, 0.2) is 42.7 Å². The normalized spacial score (nSPS) is 22.0. The fourth-order valence-corrected chi connectivity index (χ4v) is 5.35. The van der Waals surface area contributed by atoms with Crippen LogP contribution in [0.5, 0.6) is 5.75 Å². The van der Waals surface area contributed by atoms with Crippen molar-refractivity contribution < 1.29 is 23.9 Å². The predicted octanol–water partition coefficient (Wildman–Crippen LogP) is 2.53. The van der Waals surface area contributed by atoms with E-state index in [9.17, 15) is 14.4 Å². The zero-order valence-corrected chi connectivity index (χ0v) is 22.8. The molecule has 3 heterocycles. The summed E-state index contributed by atoms with van der Waals surface area (Å²) in [6.07, 6.45) is 6.27. The number of nitrogens with zero attached hydrogens (tertiary/aromatic N) is 3. The van der Waals surface area contributed by atoms with E-state index in [0.717, 1.165) is 18.5 Å². The molecule has 2 N–H and O–H groups in total. The Labute approximate surface area is 229 Å². The van der Waals surface area contributed by atoms with Gasteiger partial charge in [0.05, 0.1) is 17.2 Å². The highest BCUT2D eigenvalue weighted by Crippen LogP contribution is 2.42. The van der Waals surface area contributed by atoms with E-state index < -0.39 is 5.60 Å². The first-order valence-electron chi connectivity index (χ1n) is 13.7. The molecular formula is C29H37N5O5. The molecule has 2 atom stereocenters. The van der Waals surface area contributed by atoms with E-state index in [0.29, 0.717) is 56.1 Å². The number of piperidine rings is 1. The molecule has 39 heavy (non-hydrogen) atoms. The molecule has 1 saturated carbocycles. The van der Waals surface area contributed by atoms with Gasteiger partial charge in [-0.1, -0.05) is 0 Å². The number of anilines is 2. The molecule has 0 radical (unpaired) electrons. The Balaban J connectivity index is 1.35. The highest BCUT2D eigenvalue weighted by Gasteiger charge is 2.43. The van der Waals surface area contributed by atoms with Gasteiger partial charge in [-0.2, -0.15) is 0 Å². The third-order valence-corrected chi connectivity index (χ3v) is 7.48. The number of methoxy groups -OCH3 is 1. The van der Waals surface area contributed by atoms with E-state index in [4.69, 9.17) is 9.47 Å². The van der Waals surface area contributed by atoms with Crippen LogP contribution in [-0.2, 0) is 14.3 Å². The molecule has 0 bridgehead atoms. The summed E-state index contributed by atoms with van der Waals surface area (Å²) in [5, 5.41) is 6.37. The smallest absolute Gasteiger partial charge is 0.270 e. The van der Waals surface area contributed by atoms with Crippen molar-refractivity contribution in [1.82, 2.24) is 15.6 Å². The van der Waals surface area contributed by atoms with E-state index in [1.807, 2.05) is 23.1 Å². The van der Waals surface area contributed by atoms with Gasteiger partial charge in [-0.3, -0.25) is 19.4 Å². The number of ether oxygens (including phenoxy) is 2. The molecule has 2 aromatic rings. The Morgan fingerprint density at radius 3 is 2.79 bits per heavy atom. The number of fused-ring (bicyclic) bond motifs is 1. The number of rotatable bonds is 9. The number of pyridine rings is 1. The zero-order chi connectivity index (χ0) is 27.6. The average Bonchev–Trinajstić information content (AvgIpc) is 3.77. The minimum atomic E-state index is -0.976. The quantitative estimate of drug-likeness (QED) is 0.475. The Kier molecular flexibility index (Phi) is 7.86. The van der Waals surface area contributed by atoms with E-state index >= 15 is 0 Å². The minimum Gasteiger partial charge on any atom is -0.476 e. The lowest BCUT2D eigenvalue weighted by atomic mass is 9.93. The molecule has 5 rings (SSSR count). The monoisotopic (exact) mass is 535 g/mol. The molecule has 10 nitrogen and oxygen atoms in total. The lowest BCUT2D eigenvalue weighted by Crippen LogP contribution is -2.53. The van der Waals surface area contributed by atoms with Gasteiger partial charge in [0.15, 0.2) is 5.60 Å². The summed E-state index contributed by atoms with van der Waals surface area (Å²) >= 11 is 0. The van der Waals surface area contributed by atoms with Gasteiger partial charge in [0.25, 0.3) is 11.8 Å². The third kappa shape index (κ3) is 5.91. The van der Waals surface area contributed by atoms with E-state index in [1.54, 1.807) is 44.2 Å². The van der Waals surface area contributed by atoms with Crippen molar-refractivity contribution >= 4 is 29.1 Å². The number of hydrogen-bond donors (Lipinski definition) is 2. The molecule has 0 spiro atoms. The minimum absolute atomic E-state index is 0.0274. The summed E-state index contributed by atoms with van der Waals surface area (Å²) < 4.78 is 11.3. The standard InChI is InChI=1S/C29H37N5O5/c1-29(2)28(37)33(12-5-13-38-3)24-15-23(9-10-25(24)39-29)34(22-7-8-22)27(36)20-14-21(18-31-17-20)32-26(35)19-6-4-11-30-16-19/h4,6,9-11,15-16,20-22,31H,5,7-8,12-14,17-18H2,1-3H3,(H,32,35)/t20?,21-/m0/s1. The first-order valence-corrected chi connectivity index (χ1v) is 13.7. The first-order chi connectivity index (χ1) is 18.8. The summed E-state index contributed by atoms with van der Waals surface area (Å²) in [5.41, 5.74) is 0.955. The summed E-state index contributed by atoms with van der Waals surface area (Å²) in [6, 6.07) is 9.08. The molecule has 1 saturated heterocycles. The van der Waals surface area contributed by atoms with Crippen LogP contribution in [0, 0.1) is 5.92 Å². The Hall–Kier alpha value is -3.50. The number of hydrogen-bond acceptors (Lipinski definition) is 7. The van der Waals surface area contributed by atoms with Gasteiger partial charge >= 0.3 is 0 Å². The maximum absolute atomic E-state index is 13.9. The van der Waals surface area contributed by atoms with Gasteiger partial charge in [-0.05, 0) is 69.9 Å². The van der Waals surface area contributed by atoms with Crippen molar-refractivity contribution in [2.24, 2.45) is 5.92 Å². The number of carbonyl (C=O) groups excluding carboxylic acids is 3. The van der Waals surface area contributed by atoms with Crippen LogP contribution in [0.1, 0.15) is 49.9 Å². The molecular weight excluding hydrogens is 498 g/mol. The Morgan fingerprint density at radius 1 is 1.26 bits per heavy atom. The van der Waals surface area contributed by atoms with Crippen LogP contribution < -0.4 is 25.2 Å². The Morgan fingerprint density at radius 2 is 2.08 bits per heavy atom. The van der Waals surface area contributed by atoms with Crippen LogP contribution in [0.2, 0.25) is 0 Å². The molecule has 1 unspecified atom stereocenters. The number of nitrogens with one attached hydrogen (secondary N) is 2. The van der Waals surface area contributed by atoms with Crippen molar-refractivity contribution in [2.75, 3.05) is 43.2 Å². The van der Waals surface area contributed by atoms with Gasteiger partial charge in [0.1, 0.15) is 5.75 Å². The molecule has 208 valence electrons. The highest BCUT2D eigenvalue weighted by atomic mass is 16.5.